The minimum Gasteiger partial charge on any atom is -0.303 e. The van der Waals surface area contributed by atoms with Crippen molar-refractivity contribution in [2.45, 2.75) is 13.5 Å². The average molecular weight is 387 g/mol. The number of aromatic amines is 1. The molecular formula is C15H16Cl2N4O4. The first-order chi connectivity index (χ1) is 11.8. The summed E-state index contributed by atoms with van der Waals surface area (Å²) < 4.78 is 1.29. The minimum atomic E-state index is -0.633. The van der Waals surface area contributed by atoms with Crippen LogP contribution in [-0.2, 0) is 11.4 Å². The molecule has 0 radical (unpaired) electrons. The molecule has 2 N–H and O–H groups in total. The summed E-state index contributed by atoms with van der Waals surface area (Å²) >= 11 is 12.3. The Labute approximate surface area is 153 Å². The van der Waals surface area contributed by atoms with E-state index in [1.807, 2.05) is 0 Å². The number of rotatable bonds is 5. The molecule has 25 heavy (non-hydrogen) atoms. The summed E-state index contributed by atoms with van der Waals surface area (Å²) in [6.45, 7) is 2.16. The van der Waals surface area contributed by atoms with Gasteiger partial charge in [-0.3, -0.25) is 19.1 Å². The molecular weight excluding hydrogens is 371 g/mol. The third-order valence-electron chi connectivity index (χ3n) is 3.53. The number of urea groups is 1. The van der Waals surface area contributed by atoms with Crippen LogP contribution in [0.15, 0.2) is 23.1 Å². The maximum atomic E-state index is 12.6. The molecule has 0 fully saturated rings. The van der Waals surface area contributed by atoms with Gasteiger partial charge in [-0.2, -0.15) is 0 Å². The lowest BCUT2D eigenvalue weighted by atomic mass is 10.1. The molecule has 0 unspecified atom stereocenters. The Balaban J connectivity index is 2.44. The molecule has 1 aromatic carbocycles. The number of H-pyrrole nitrogens is 1. The number of amides is 2. The highest BCUT2D eigenvalue weighted by Crippen LogP contribution is 2.34. The van der Waals surface area contributed by atoms with E-state index in [0.29, 0.717) is 6.54 Å². The van der Waals surface area contributed by atoms with Crippen LogP contribution in [0.4, 0.5) is 10.5 Å². The van der Waals surface area contributed by atoms with E-state index < -0.39 is 17.4 Å². The molecule has 0 atom stereocenters. The SMILES string of the molecule is CCn1[nH]cc(C(=O)c2ccc(Cl)c(NC(=O)N(C)OC)c2Cl)c1=O. The molecule has 2 aromatic rings. The number of aromatic nitrogens is 2. The molecule has 0 aliphatic rings. The van der Waals surface area contributed by atoms with Crippen molar-refractivity contribution in [3.63, 3.8) is 0 Å². The van der Waals surface area contributed by atoms with Gasteiger partial charge in [0.05, 0.1) is 22.8 Å². The second-order valence-corrected chi connectivity index (χ2v) is 5.74. The van der Waals surface area contributed by atoms with Crippen molar-refractivity contribution >= 4 is 40.7 Å². The van der Waals surface area contributed by atoms with Crippen molar-refractivity contribution in [2.75, 3.05) is 19.5 Å². The number of nitrogens with one attached hydrogen (secondary N) is 2. The zero-order valence-corrected chi connectivity index (χ0v) is 15.2. The van der Waals surface area contributed by atoms with E-state index in [4.69, 9.17) is 28.0 Å². The maximum absolute atomic E-state index is 12.6. The van der Waals surface area contributed by atoms with Gasteiger partial charge in [0, 0.05) is 25.4 Å². The van der Waals surface area contributed by atoms with Gasteiger partial charge in [0.15, 0.2) is 0 Å². The van der Waals surface area contributed by atoms with Crippen LogP contribution in [0.1, 0.15) is 22.8 Å². The van der Waals surface area contributed by atoms with Gasteiger partial charge in [-0.15, -0.1) is 0 Å². The molecule has 0 bridgehead atoms. The molecule has 0 saturated heterocycles. The Morgan fingerprint density at radius 2 is 2.00 bits per heavy atom. The Kier molecular flexibility index (Phi) is 5.89. The molecule has 134 valence electrons. The Morgan fingerprint density at radius 1 is 1.32 bits per heavy atom. The van der Waals surface area contributed by atoms with Crippen LogP contribution in [0.3, 0.4) is 0 Å². The highest BCUT2D eigenvalue weighted by Gasteiger charge is 2.23. The molecule has 2 amide bonds. The van der Waals surface area contributed by atoms with Crippen LogP contribution in [-0.4, -0.2) is 40.8 Å². The number of ketones is 1. The van der Waals surface area contributed by atoms with Crippen molar-refractivity contribution in [3.8, 4) is 0 Å². The third-order valence-corrected chi connectivity index (χ3v) is 4.24. The van der Waals surface area contributed by atoms with E-state index in [0.717, 1.165) is 5.06 Å². The van der Waals surface area contributed by atoms with E-state index >= 15 is 0 Å². The van der Waals surface area contributed by atoms with Gasteiger partial charge < -0.3 is 10.4 Å². The molecule has 0 aliphatic carbocycles. The number of hydrogen-bond acceptors (Lipinski definition) is 4. The van der Waals surface area contributed by atoms with E-state index in [2.05, 4.69) is 10.4 Å². The summed E-state index contributed by atoms with van der Waals surface area (Å²) in [4.78, 5) is 41.5. The van der Waals surface area contributed by atoms with Crippen LogP contribution in [0.25, 0.3) is 0 Å². The summed E-state index contributed by atoms with van der Waals surface area (Å²) in [5.41, 5.74) is -0.421. The smallest absolute Gasteiger partial charge is 0.303 e. The quantitative estimate of drug-likeness (QED) is 0.609. The number of anilines is 1. The molecule has 0 saturated carbocycles. The minimum absolute atomic E-state index is 0.0424. The fourth-order valence-corrected chi connectivity index (χ4v) is 2.61. The Bertz CT molecular complexity index is 875. The van der Waals surface area contributed by atoms with Gasteiger partial charge >= 0.3 is 6.03 Å². The zero-order chi connectivity index (χ0) is 18.7. The molecule has 1 heterocycles. The summed E-state index contributed by atoms with van der Waals surface area (Å²) in [6.07, 6.45) is 1.32. The van der Waals surface area contributed by atoms with Crippen molar-refractivity contribution < 1.29 is 14.4 Å². The second-order valence-electron chi connectivity index (χ2n) is 4.96. The van der Waals surface area contributed by atoms with Crippen molar-refractivity contribution in [1.82, 2.24) is 14.8 Å². The first-order valence-corrected chi connectivity index (χ1v) is 7.97. The number of nitrogens with zero attached hydrogens (tertiary/aromatic N) is 2. The highest BCUT2D eigenvalue weighted by molar-refractivity contribution is 6.42. The van der Waals surface area contributed by atoms with Crippen LogP contribution >= 0.6 is 23.2 Å². The van der Waals surface area contributed by atoms with E-state index in [1.165, 1.54) is 37.2 Å². The normalized spacial score (nSPS) is 10.6. The zero-order valence-electron chi connectivity index (χ0n) is 13.7. The Morgan fingerprint density at radius 3 is 2.56 bits per heavy atom. The van der Waals surface area contributed by atoms with E-state index in [1.54, 1.807) is 6.92 Å². The van der Waals surface area contributed by atoms with E-state index in [9.17, 15) is 14.4 Å². The molecule has 8 nitrogen and oxygen atoms in total. The summed E-state index contributed by atoms with van der Waals surface area (Å²) in [5.74, 6) is -0.578. The number of hydroxylamine groups is 2. The second kappa shape index (κ2) is 7.73. The van der Waals surface area contributed by atoms with Crippen LogP contribution in [0.2, 0.25) is 10.0 Å². The van der Waals surface area contributed by atoms with Gasteiger partial charge in [-0.05, 0) is 19.1 Å². The largest absolute Gasteiger partial charge is 0.345 e. The number of aryl methyl sites for hydroxylation is 1. The standard InChI is InChI=1S/C15H16Cl2N4O4/c1-4-21-14(23)9(7-18-21)13(22)8-5-6-10(16)12(11(8)17)19-15(24)20(2)25-3/h5-7,18H,4H2,1-3H3,(H,19,24). The number of benzene rings is 1. The fraction of sp³-hybridized carbons (Fsp3) is 0.267. The first-order valence-electron chi connectivity index (χ1n) is 7.21. The van der Waals surface area contributed by atoms with E-state index in [-0.39, 0.29) is 26.9 Å². The van der Waals surface area contributed by atoms with Gasteiger partial charge in [0.1, 0.15) is 5.56 Å². The molecule has 1 aromatic heterocycles. The van der Waals surface area contributed by atoms with Crippen LogP contribution < -0.4 is 10.9 Å². The summed E-state index contributed by atoms with van der Waals surface area (Å²) in [7, 11) is 2.70. The van der Waals surface area contributed by atoms with Gasteiger partial charge in [0.2, 0.25) is 5.78 Å². The first kappa shape index (κ1) is 19.0. The monoisotopic (exact) mass is 386 g/mol. The number of carbonyl (C=O) groups is 2. The number of halogens is 2. The van der Waals surface area contributed by atoms with Crippen molar-refractivity contribution in [2.24, 2.45) is 0 Å². The van der Waals surface area contributed by atoms with Gasteiger partial charge in [-0.1, -0.05) is 23.2 Å². The Hall–Kier alpha value is -2.29. The maximum Gasteiger partial charge on any atom is 0.345 e. The van der Waals surface area contributed by atoms with Gasteiger partial charge in [0.25, 0.3) is 5.56 Å². The van der Waals surface area contributed by atoms with Crippen LogP contribution in [0.5, 0.6) is 0 Å². The summed E-state index contributed by atoms with van der Waals surface area (Å²) in [5, 5.41) is 6.15. The average Bonchev–Trinajstić information content (AvgIpc) is 2.97. The van der Waals surface area contributed by atoms with Crippen LogP contribution in [0, 0.1) is 0 Å². The molecule has 2 rings (SSSR count). The van der Waals surface area contributed by atoms with Crippen molar-refractivity contribution in [3.05, 3.63) is 49.9 Å². The fourth-order valence-electron chi connectivity index (χ4n) is 2.06. The third kappa shape index (κ3) is 3.71. The number of carbonyl (C=O) groups excluding carboxylic acids is 2. The molecule has 10 heteroatoms. The predicted octanol–water partition coefficient (Wildman–Crippen LogP) is 2.76. The topological polar surface area (TPSA) is 96.4 Å². The lowest BCUT2D eigenvalue weighted by Crippen LogP contribution is -2.30. The summed E-state index contributed by atoms with van der Waals surface area (Å²) in [6, 6.07) is 2.17. The van der Waals surface area contributed by atoms with Gasteiger partial charge in [-0.25, -0.2) is 9.86 Å². The molecule has 0 spiro atoms. The lowest BCUT2D eigenvalue weighted by molar-refractivity contribution is -0.0598. The predicted molar refractivity (Wildman–Crippen MR) is 94.4 cm³/mol. The molecule has 0 aliphatic heterocycles. The number of hydrogen-bond donors (Lipinski definition) is 2. The lowest BCUT2D eigenvalue weighted by Gasteiger charge is -2.17. The highest BCUT2D eigenvalue weighted by atomic mass is 35.5. The van der Waals surface area contributed by atoms with Crippen molar-refractivity contribution in [1.29, 1.82) is 0 Å².